The summed E-state index contributed by atoms with van der Waals surface area (Å²) in [6, 6.07) is 6.09. The summed E-state index contributed by atoms with van der Waals surface area (Å²) >= 11 is 6.01. The van der Waals surface area contributed by atoms with Crippen molar-refractivity contribution in [3.8, 4) is 0 Å². The third-order valence-electron chi connectivity index (χ3n) is 4.92. The van der Waals surface area contributed by atoms with Crippen molar-refractivity contribution in [2.45, 2.75) is 30.2 Å². The van der Waals surface area contributed by atoms with Crippen LogP contribution in [0.2, 0.25) is 5.02 Å². The van der Waals surface area contributed by atoms with E-state index in [1.54, 1.807) is 16.8 Å². The minimum atomic E-state index is -4.38. The van der Waals surface area contributed by atoms with E-state index in [1.165, 1.54) is 6.07 Å². The maximum absolute atomic E-state index is 14.8. The molecule has 0 amide bonds. The molecule has 0 spiro atoms. The number of sulfone groups is 1. The second kappa shape index (κ2) is 7.24. The van der Waals surface area contributed by atoms with E-state index in [1.807, 2.05) is 13.8 Å². The van der Waals surface area contributed by atoms with Crippen LogP contribution < -0.4 is 11.2 Å². The highest BCUT2D eigenvalue weighted by Crippen LogP contribution is 2.32. The van der Waals surface area contributed by atoms with Crippen LogP contribution >= 0.6 is 11.6 Å². The van der Waals surface area contributed by atoms with Gasteiger partial charge < -0.3 is 14.8 Å². The minimum absolute atomic E-state index is 0.162. The number of nitrogens with one attached hydrogen (secondary N) is 1. The standard InChI is InChI=1S/C20H17ClFN3O5S/c1-10(2)9-24-6-5-12-14(22)7-11(8-15(12)24)31(29,30)16-4-3-13(21)17-18(16)23-20(27)25(28)19(17)26/h3-8,10,28H,9H2,1-2H3,(H,23,27). The number of benzene rings is 2. The number of halogens is 2. The van der Waals surface area contributed by atoms with Crippen LogP contribution in [0.4, 0.5) is 4.39 Å². The van der Waals surface area contributed by atoms with Gasteiger partial charge in [-0.15, -0.1) is 0 Å². The maximum atomic E-state index is 14.8. The Hall–Kier alpha value is -3.11. The Bertz CT molecular complexity index is 1580. The van der Waals surface area contributed by atoms with Crippen LogP contribution in [0.5, 0.6) is 0 Å². The lowest BCUT2D eigenvalue weighted by atomic mass is 10.2. The third-order valence-corrected chi connectivity index (χ3v) is 7.01. The zero-order valence-corrected chi connectivity index (χ0v) is 18.0. The van der Waals surface area contributed by atoms with Gasteiger partial charge in [-0.3, -0.25) is 4.79 Å². The Morgan fingerprint density at radius 2 is 1.90 bits per heavy atom. The van der Waals surface area contributed by atoms with Crippen LogP contribution in [0.25, 0.3) is 21.8 Å². The molecular formula is C20H17ClFN3O5S. The van der Waals surface area contributed by atoms with Gasteiger partial charge in [0.25, 0.3) is 5.56 Å². The molecular weight excluding hydrogens is 449 g/mol. The van der Waals surface area contributed by atoms with E-state index in [9.17, 15) is 27.6 Å². The molecule has 2 aromatic heterocycles. The topological polar surface area (TPSA) is 114 Å². The summed E-state index contributed by atoms with van der Waals surface area (Å²) < 4.78 is 43.1. The van der Waals surface area contributed by atoms with Gasteiger partial charge in [0.1, 0.15) is 5.82 Å². The fraction of sp³-hybridized carbons (Fsp3) is 0.200. The Labute approximate surface area is 180 Å². The van der Waals surface area contributed by atoms with Gasteiger partial charge >= 0.3 is 5.69 Å². The third kappa shape index (κ3) is 3.31. The summed E-state index contributed by atoms with van der Waals surface area (Å²) in [5.74, 6) is -0.479. The van der Waals surface area contributed by atoms with Crippen molar-refractivity contribution in [1.29, 1.82) is 0 Å². The van der Waals surface area contributed by atoms with E-state index in [0.717, 1.165) is 18.2 Å². The SMILES string of the molecule is CC(C)Cn1ccc2c(F)cc(S(=O)(=O)c3ccc(Cl)c4c(=O)n(O)c(=O)[nH]c34)cc21. The Kier molecular flexibility index (Phi) is 4.94. The molecule has 11 heteroatoms. The molecule has 2 heterocycles. The molecule has 0 unspecified atom stereocenters. The van der Waals surface area contributed by atoms with E-state index in [2.05, 4.69) is 4.98 Å². The quantitative estimate of drug-likeness (QED) is 0.449. The molecule has 0 saturated heterocycles. The Balaban J connectivity index is 2.03. The average Bonchev–Trinajstić information content (AvgIpc) is 3.08. The van der Waals surface area contributed by atoms with Crippen molar-refractivity contribution < 1.29 is 18.0 Å². The average molecular weight is 466 g/mol. The van der Waals surface area contributed by atoms with Crippen LogP contribution in [0.1, 0.15) is 13.8 Å². The predicted molar refractivity (Wildman–Crippen MR) is 113 cm³/mol. The lowest BCUT2D eigenvalue weighted by Gasteiger charge is -2.12. The molecule has 8 nitrogen and oxygen atoms in total. The molecule has 31 heavy (non-hydrogen) atoms. The normalized spacial score (nSPS) is 12.3. The first kappa shape index (κ1) is 21.1. The number of hydrogen-bond donors (Lipinski definition) is 2. The molecule has 4 aromatic rings. The van der Waals surface area contributed by atoms with Crippen LogP contribution in [-0.4, -0.2) is 27.9 Å². The van der Waals surface area contributed by atoms with E-state index < -0.39 is 31.8 Å². The van der Waals surface area contributed by atoms with Crippen molar-refractivity contribution in [2.75, 3.05) is 0 Å². The molecule has 162 valence electrons. The molecule has 0 atom stereocenters. The minimum Gasteiger partial charge on any atom is -0.421 e. The largest absolute Gasteiger partial charge is 0.421 e. The first-order chi connectivity index (χ1) is 14.5. The fourth-order valence-corrected chi connectivity index (χ4v) is 5.22. The van der Waals surface area contributed by atoms with Crippen molar-refractivity contribution in [1.82, 2.24) is 14.3 Å². The molecule has 2 N–H and O–H groups in total. The molecule has 0 aliphatic carbocycles. The number of H-pyrrole nitrogens is 1. The lowest BCUT2D eigenvalue weighted by molar-refractivity contribution is 0.162. The number of nitrogens with zero attached hydrogens (tertiary/aromatic N) is 2. The number of fused-ring (bicyclic) bond motifs is 2. The molecule has 0 bridgehead atoms. The van der Waals surface area contributed by atoms with Crippen molar-refractivity contribution in [3.05, 3.63) is 68.2 Å². The van der Waals surface area contributed by atoms with E-state index in [-0.39, 0.29) is 36.9 Å². The highest BCUT2D eigenvalue weighted by Gasteiger charge is 2.26. The molecule has 4 rings (SSSR count). The van der Waals surface area contributed by atoms with E-state index in [0.29, 0.717) is 12.1 Å². The molecule has 0 aliphatic heterocycles. The number of aromatic nitrogens is 3. The zero-order valence-electron chi connectivity index (χ0n) is 16.4. The maximum Gasteiger partial charge on any atom is 0.362 e. The van der Waals surface area contributed by atoms with E-state index >= 15 is 0 Å². The van der Waals surface area contributed by atoms with Crippen molar-refractivity contribution >= 4 is 43.2 Å². The summed E-state index contributed by atoms with van der Waals surface area (Å²) in [5.41, 5.74) is -2.38. The highest BCUT2D eigenvalue weighted by atomic mass is 35.5. The molecule has 0 aliphatic rings. The predicted octanol–water partition coefficient (Wildman–Crippen LogP) is 3.16. The van der Waals surface area contributed by atoms with Gasteiger partial charge in [-0.25, -0.2) is 17.6 Å². The first-order valence-corrected chi connectivity index (χ1v) is 11.1. The molecule has 0 saturated carbocycles. The molecule has 0 fully saturated rings. The van der Waals surface area contributed by atoms with Gasteiger partial charge in [0, 0.05) is 18.1 Å². The van der Waals surface area contributed by atoms with Crippen LogP contribution in [0.3, 0.4) is 0 Å². The lowest BCUT2D eigenvalue weighted by Crippen LogP contribution is -2.33. The first-order valence-electron chi connectivity index (χ1n) is 9.22. The van der Waals surface area contributed by atoms with Crippen molar-refractivity contribution in [3.63, 3.8) is 0 Å². The highest BCUT2D eigenvalue weighted by molar-refractivity contribution is 7.91. The summed E-state index contributed by atoms with van der Waals surface area (Å²) in [6.45, 7) is 4.51. The molecule has 0 radical (unpaired) electrons. The van der Waals surface area contributed by atoms with Crippen molar-refractivity contribution in [2.24, 2.45) is 5.92 Å². The number of hydrogen-bond acceptors (Lipinski definition) is 5. The Morgan fingerprint density at radius 3 is 2.58 bits per heavy atom. The summed E-state index contributed by atoms with van der Waals surface area (Å²) in [4.78, 5) is 25.5. The summed E-state index contributed by atoms with van der Waals surface area (Å²) in [7, 11) is -4.38. The van der Waals surface area contributed by atoms with Gasteiger partial charge in [-0.2, -0.15) is 0 Å². The van der Waals surface area contributed by atoms with Gasteiger partial charge in [0.2, 0.25) is 9.84 Å². The fourth-order valence-electron chi connectivity index (χ4n) is 3.53. The number of aromatic amines is 1. The van der Waals surface area contributed by atoms with E-state index in [4.69, 9.17) is 11.6 Å². The number of rotatable bonds is 4. The second-order valence-electron chi connectivity index (χ2n) is 7.55. The smallest absolute Gasteiger partial charge is 0.362 e. The monoisotopic (exact) mass is 465 g/mol. The van der Waals surface area contributed by atoms with Gasteiger partial charge in [-0.1, -0.05) is 30.2 Å². The Morgan fingerprint density at radius 1 is 1.19 bits per heavy atom. The zero-order chi connectivity index (χ0) is 22.7. The summed E-state index contributed by atoms with van der Waals surface area (Å²) in [5, 5.41) is 9.31. The van der Waals surface area contributed by atoms with Gasteiger partial charge in [-0.05, 0) is 36.2 Å². The summed E-state index contributed by atoms with van der Waals surface area (Å²) in [6.07, 6.45) is 1.68. The van der Waals surface area contributed by atoms with Crippen LogP contribution in [0, 0.1) is 11.7 Å². The molecule has 2 aromatic carbocycles. The van der Waals surface area contributed by atoms with Gasteiger partial charge in [0.15, 0.2) is 0 Å². The van der Waals surface area contributed by atoms with Crippen LogP contribution in [0.15, 0.2) is 55.9 Å². The van der Waals surface area contributed by atoms with Gasteiger partial charge in [0.05, 0.1) is 31.2 Å². The van der Waals surface area contributed by atoms with Crippen LogP contribution in [-0.2, 0) is 16.4 Å². The second-order valence-corrected chi connectivity index (χ2v) is 9.87.